The van der Waals surface area contributed by atoms with Gasteiger partial charge in [-0.3, -0.25) is 0 Å². The van der Waals surface area contributed by atoms with Crippen molar-refractivity contribution in [3.05, 3.63) is 47.1 Å². The number of hydrogen-bond donors (Lipinski definition) is 0. The van der Waals surface area contributed by atoms with E-state index in [-0.39, 0.29) is 21.4 Å². The van der Waals surface area contributed by atoms with Crippen LogP contribution in [0.2, 0.25) is 5.02 Å². The fourth-order valence-corrected chi connectivity index (χ4v) is 2.78. The smallest absolute Gasteiger partial charge is 0.184 e. The molecule has 0 aliphatic heterocycles. The summed E-state index contributed by atoms with van der Waals surface area (Å²) in [5.41, 5.74) is 0.283. The highest BCUT2D eigenvalue weighted by molar-refractivity contribution is 7.90. The first-order valence-corrected chi connectivity index (χ1v) is 6.59. The molecule has 0 bridgehead atoms. The lowest BCUT2D eigenvalue weighted by molar-refractivity contribution is 0.413. The highest BCUT2D eigenvalue weighted by Crippen LogP contribution is 2.22. The summed E-state index contributed by atoms with van der Waals surface area (Å²) in [6, 6.07) is 4.70. The van der Waals surface area contributed by atoms with Crippen LogP contribution >= 0.6 is 11.6 Å². The molecule has 1 aromatic heterocycles. The Kier molecular flexibility index (Phi) is 3.17. The van der Waals surface area contributed by atoms with E-state index in [2.05, 4.69) is 9.68 Å². The molecule has 0 aliphatic carbocycles. The van der Waals surface area contributed by atoms with Crippen molar-refractivity contribution < 1.29 is 17.3 Å². The van der Waals surface area contributed by atoms with E-state index in [4.69, 9.17) is 11.6 Å². The van der Waals surface area contributed by atoms with Crippen LogP contribution < -0.4 is 0 Å². The SMILES string of the molecule is O=S(=O)(Cc1ccon1)c1ccc(F)c(Cl)c1. The first kappa shape index (κ1) is 12.1. The van der Waals surface area contributed by atoms with Gasteiger partial charge in [-0.1, -0.05) is 16.8 Å². The van der Waals surface area contributed by atoms with Crippen LogP contribution in [-0.4, -0.2) is 13.6 Å². The van der Waals surface area contributed by atoms with Gasteiger partial charge in [0, 0.05) is 6.07 Å². The molecule has 0 amide bonds. The van der Waals surface area contributed by atoms with Gasteiger partial charge in [0.05, 0.1) is 15.6 Å². The molecule has 90 valence electrons. The van der Waals surface area contributed by atoms with Gasteiger partial charge in [0.2, 0.25) is 0 Å². The lowest BCUT2D eigenvalue weighted by Crippen LogP contribution is -2.05. The number of sulfone groups is 1. The molecule has 7 heteroatoms. The minimum Gasteiger partial charge on any atom is -0.364 e. The monoisotopic (exact) mass is 275 g/mol. The average Bonchev–Trinajstić information content (AvgIpc) is 2.73. The zero-order valence-corrected chi connectivity index (χ0v) is 10.0. The predicted molar refractivity (Wildman–Crippen MR) is 58.8 cm³/mol. The van der Waals surface area contributed by atoms with Gasteiger partial charge < -0.3 is 4.52 Å². The molecular weight excluding hydrogens is 269 g/mol. The topological polar surface area (TPSA) is 60.2 Å². The normalized spacial score (nSPS) is 11.6. The summed E-state index contributed by atoms with van der Waals surface area (Å²) in [5, 5.41) is 3.28. The third kappa shape index (κ3) is 2.65. The summed E-state index contributed by atoms with van der Waals surface area (Å²) in [5.74, 6) is -0.974. The van der Waals surface area contributed by atoms with E-state index in [1.807, 2.05) is 0 Å². The highest BCUT2D eigenvalue weighted by atomic mass is 35.5. The number of aromatic nitrogens is 1. The Morgan fingerprint density at radius 2 is 2.12 bits per heavy atom. The van der Waals surface area contributed by atoms with Crippen LogP contribution in [0.3, 0.4) is 0 Å². The maximum absolute atomic E-state index is 12.9. The van der Waals surface area contributed by atoms with Crippen molar-refractivity contribution in [2.24, 2.45) is 0 Å². The third-order valence-corrected chi connectivity index (χ3v) is 4.02. The van der Waals surface area contributed by atoms with Crippen LogP contribution in [0.25, 0.3) is 0 Å². The van der Waals surface area contributed by atoms with Crippen molar-refractivity contribution in [3.8, 4) is 0 Å². The standard InChI is InChI=1S/C10H7ClFNO3S/c11-9-5-8(1-2-10(9)12)17(14,15)6-7-3-4-16-13-7/h1-5H,6H2. The zero-order chi connectivity index (χ0) is 12.5. The van der Waals surface area contributed by atoms with Crippen molar-refractivity contribution >= 4 is 21.4 Å². The molecule has 0 saturated heterocycles. The Hall–Kier alpha value is -1.40. The molecule has 1 heterocycles. The third-order valence-electron chi connectivity index (χ3n) is 2.08. The van der Waals surface area contributed by atoms with E-state index in [1.54, 1.807) is 0 Å². The molecule has 2 aromatic rings. The summed E-state index contributed by atoms with van der Waals surface area (Å²) in [4.78, 5) is -0.0492. The Morgan fingerprint density at radius 1 is 1.35 bits per heavy atom. The number of rotatable bonds is 3. The van der Waals surface area contributed by atoms with E-state index in [0.29, 0.717) is 0 Å². The summed E-state index contributed by atoms with van der Waals surface area (Å²) in [7, 11) is -3.60. The highest BCUT2D eigenvalue weighted by Gasteiger charge is 2.18. The molecule has 0 saturated carbocycles. The van der Waals surface area contributed by atoms with Crippen molar-refractivity contribution in [3.63, 3.8) is 0 Å². The van der Waals surface area contributed by atoms with Gasteiger partial charge in [0.25, 0.3) is 0 Å². The second-order valence-corrected chi connectivity index (χ2v) is 5.72. The molecule has 0 spiro atoms. The van der Waals surface area contributed by atoms with Gasteiger partial charge in [0.15, 0.2) is 9.84 Å². The zero-order valence-electron chi connectivity index (χ0n) is 8.43. The number of hydrogen-bond acceptors (Lipinski definition) is 4. The quantitative estimate of drug-likeness (QED) is 0.807. The predicted octanol–water partition coefficient (Wildman–Crippen LogP) is 2.44. The summed E-state index contributed by atoms with van der Waals surface area (Å²) in [6.45, 7) is 0. The van der Waals surface area contributed by atoms with Gasteiger partial charge in [-0.15, -0.1) is 0 Å². The van der Waals surface area contributed by atoms with E-state index < -0.39 is 15.7 Å². The van der Waals surface area contributed by atoms with Crippen molar-refractivity contribution in [1.82, 2.24) is 5.16 Å². The van der Waals surface area contributed by atoms with Crippen LogP contribution in [0.4, 0.5) is 4.39 Å². The number of benzene rings is 1. The van der Waals surface area contributed by atoms with E-state index in [9.17, 15) is 12.8 Å². The van der Waals surface area contributed by atoms with Crippen LogP contribution in [0.5, 0.6) is 0 Å². The lowest BCUT2D eigenvalue weighted by atomic mass is 10.3. The molecule has 0 radical (unpaired) electrons. The minimum atomic E-state index is -3.60. The fraction of sp³-hybridized carbons (Fsp3) is 0.100. The molecular formula is C10H7ClFNO3S. The van der Waals surface area contributed by atoms with Crippen LogP contribution in [0.1, 0.15) is 5.69 Å². The molecule has 0 N–H and O–H groups in total. The summed E-state index contributed by atoms with van der Waals surface area (Å²) >= 11 is 5.53. The first-order chi connectivity index (χ1) is 7.99. The Bertz CT molecular complexity index is 625. The molecule has 17 heavy (non-hydrogen) atoms. The van der Waals surface area contributed by atoms with Crippen molar-refractivity contribution in [1.29, 1.82) is 0 Å². The van der Waals surface area contributed by atoms with Gasteiger partial charge in [-0.25, -0.2) is 12.8 Å². The lowest BCUT2D eigenvalue weighted by Gasteiger charge is -2.03. The molecule has 4 nitrogen and oxygen atoms in total. The van der Waals surface area contributed by atoms with Crippen LogP contribution in [-0.2, 0) is 15.6 Å². The van der Waals surface area contributed by atoms with Crippen molar-refractivity contribution in [2.75, 3.05) is 0 Å². The van der Waals surface area contributed by atoms with Gasteiger partial charge >= 0.3 is 0 Å². The van der Waals surface area contributed by atoms with E-state index >= 15 is 0 Å². The summed E-state index contributed by atoms with van der Waals surface area (Å²) < 4.78 is 41.2. The van der Waals surface area contributed by atoms with Crippen molar-refractivity contribution in [2.45, 2.75) is 10.6 Å². The van der Waals surface area contributed by atoms with E-state index in [1.165, 1.54) is 12.3 Å². The maximum atomic E-state index is 12.9. The van der Waals surface area contributed by atoms with Gasteiger partial charge in [-0.05, 0) is 18.2 Å². The van der Waals surface area contributed by atoms with Crippen LogP contribution in [0.15, 0.2) is 39.9 Å². The fourth-order valence-electron chi connectivity index (χ4n) is 1.26. The number of nitrogens with zero attached hydrogens (tertiary/aromatic N) is 1. The molecule has 1 aromatic carbocycles. The second kappa shape index (κ2) is 4.46. The largest absolute Gasteiger partial charge is 0.364 e. The second-order valence-electron chi connectivity index (χ2n) is 3.33. The molecule has 0 aliphatic rings. The molecule has 2 rings (SSSR count). The first-order valence-electron chi connectivity index (χ1n) is 4.56. The molecule has 0 unspecified atom stereocenters. The minimum absolute atomic E-state index is 0.0492. The maximum Gasteiger partial charge on any atom is 0.184 e. The molecule has 0 fully saturated rings. The van der Waals surface area contributed by atoms with E-state index in [0.717, 1.165) is 18.2 Å². The Morgan fingerprint density at radius 3 is 2.71 bits per heavy atom. The summed E-state index contributed by atoms with van der Waals surface area (Å²) in [6.07, 6.45) is 1.28. The Labute approximate surface area is 102 Å². The molecule has 0 atom stereocenters. The van der Waals surface area contributed by atoms with Crippen LogP contribution in [0, 0.1) is 5.82 Å². The average molecular weight is 276 g/mol. The Balaban J connectivity index is 2.35. The van der Waals surface area contributed by atoms with Gasteiger partial charge in [0.1, 0.15) is 17.8 Å². The van der Waals surface area contributed by atoms with Gasteiger partial charge in [-0.2, -0.15) is 0 Å². The number of halogens is 2.